The number of likely N-dealkylation sites (tertiary alicyclic amines) is 1. The van der Waals surface area contributed by atoms with Crippen molar-refractivity contribution >= 4 is 29.1 Å². The van der Waals surface area contributed by atoms with Gasteiger partial charge < -0.3 is 10.0 Å². The van der Waals surface area contributed by atoms with E-state index in [1.54, 1.807) is 55.6 Å². The number of nitrogens with zero attached hydrogens (tertiary/aromatic N) is 1. The molecular weight excluding hydrogens is 314 g/mol. The minimum absolute atomic E-state index is 0.0889. The second-order valence-corrected chi connectivity index (χ2v) is 5.76. The predicted octanol–water partition coefficient (Wildman–Crippen LogP) is 3.39. The molecular formula is C18H14ClNO3. The van der Waals surface area contributed by atoms with Crippen LogP contribution < -0.4 is 0 Å². The van der Waals surface area contributed by atoms with Crippen LogP contribution in [0.4, 0.5) is 0 Å². The van der Waals surface area contributed by atoms with Crippen LogP contribution in [0.3, 0.4) is 0 Å². The molecule has 0 bridgehead atoms. The van der Waals surface area contributed by atoms with Crippen LogP contribution in [0.1, 0.15) is 17.2 Å². The van der Waals surface area contributed by atoms with Crippen LogP contribution >= 0.6 is 11.6 Å². The maximum Gasteiger partial charge on any atom is 0.295 e. The van der Waals surface area contributed by atoms with Gasteiger partial charge in [-0.25, -0.2) is 0 Å². The molecule has 2 aromatic carbocycles. The SMILES string of the molecule is CN1C(=O)C(=O)/C(=C(/O)c2ccccc2)C1c1ccc(Cl)cc1. The molecule has 1 atom stereocenters. The highest BCUT2D eigenvalue weighted by molar-refractivity contribution is 6.46. The summed E-state index contributed by atoms with van der Waals surface area (Å²) in [5.74, 6) is -1.50. The van der Waals surface area contributed by atoms with Crippen LogP contribution in [0.2, 0.25) is 5.02 Å². The van der Waals surface area contributed by atoms with Gasteiger partial charge in [0.05, 0.1) is 11.6 Å². The van der Waals surface area contributed by atoms with Crippen LogP contribution in [0.15, 0.2) is 60.2 Å². The fourth-order valence-electron chi connectivity index (χ4n) is 2.73. The lowest BCUT2D eigenvalue weighted by Gasteiger charge is -2.21. The van der Waals surface area contributed by atoms with E-state index >= 15 is 0 Å². The normalized spacial score (nSPS) is 20.1. The number of aliphatic hydroxyl groups is 1. The first-order chi connectivity index (χ1) is 11.0. The van der Waals surface area contributed by atoms with Crippen LogP contribution in [-0.2, 0) is 9.59 Å². The third-order valence-electron chi connectivity index (χ3n) is 3.91. The van der Waals surface area contributed by atoms with Gasteiger partial charge in [0.2, 0.25) is 0 Å². The Morgan fingerprint density at radius 1 is 1.04 bits per heavy atom. The van der Waals surface area contributed by atoms with E-state index < -0.39 is 17.7 Å². The average Bonchev–Trinajstić information content (AvgIpc) is 2.80. The Labute approximate surface area is 138 Å². The fraction of sp³-hybridized carbons (Fsp3) is 0.111. The molecule has 1 heterocycles. The summed E-state index contributed by atoms with van der Waals surface area (Å²) in [5.41, 5.74) is 1.30. The molecule has 0 saturated carbocycles. The highest BCUT2D eigenvalue weighted by Crippen LogP contribution is 2.38. The van der Waals surface area contributed by atoms with Gasteiger partial charge in [-0.15, -0.1) is 0 Å². The van der Waals surface area contributed by atoms with Crippen molar-refractivity contribution in [3.63, 3.8) is 0 Å². The van der Waals surface area contributed by atoms with Gasteiger partial charge >= 0.3 is 0 Å². The Morgan fingerprint density at radius 2 is 1.65 bits per heavy atom. The molecule has 0 aromatic heterocycles. The average molecular weight is 328 g/mol. The highest BCUT2D eigenvalue weighted by Gasteiger charge is 2.44. The van der Waals surface area contributed by atoms with E-state index in [2.05, 4.69) is 0 Å². The molecule has 0 aliphatic carbocycles. The smallest absolute Gasteiger partial charge is 0.295 e. The molecule has 5 heteroatoms. The van der Waals surface area contributed by atoms with Crippen LogP contribution in [-0.4, -0.2) is 28.7 Å². The fourth-order valence-corrected chi connectivity index (χ4v) is 2.86. The summed E-state index contributed by atoms with van der Waals surface area (Å²) in [6.45, 7) is 0. The standard InChI is InChI=1S/C18H14ClNO3/c1-20-15(11-7-9-13(19)10-8-11)14(17(22)18(20)23)16(21)12-5-3-2-4-6-12/h2-10,15,21H,1H3/b16-14+. The number of hydrogen-bond donors (Lipinski definition) is 1. The zero-order valence-corrected chi connectivity index (χ0v) is 13.1. The summed E-state index contributed by atoms with van der Waals surface area (Å²) in [6, 6.07) is 14.9. The summed E-state index contributed by atoms with van der Waals surface area (Å²) < 4.78 is 0. The number of carbonyl (C=O) groups is 2. The predicted molar refractivity (Wildman–Crippen MR) is 88.0 cm³/mol. The number of rotatable bonds is 2. The van der Waals surface area contributed by atoms with Crippen molar-refractivity contribution in [2.24, 2.45) is 0 Å². The molecule has 1 aliphatic heterocycles. The van der Waals surface area contributed by atoms with Gasteiger partial charge in [0.15, 0.2) is 0 Å². The second kappa shape index (κ2) is 5.89. The first-order valence-corrected chi connectivity index (χ1v) is 7.44. The topological polar surface area (TPSA) is 57.6 Å². The van der Waals surface area contributed by atoms with Crippen molar-refractivity contribution in [3.05, 3.63) is 76.3 Å². The summed E-state index contributed by atoms with van der Waals surface area (Å²) in [7, 11) is 1.55. The lowest BCUT2D eigenvalue weighted by Crippen LogP contribution is -2.24. The highest BCUT2D eigenvalue weighted by atomic mass is 35.5. The summed E-state index contributed by atoms with van der Waals surface area (Å²) in [5, 5.41) is 11.1. The number of hydrogen-bond acceptors (Lipinski definition) is 3. The van der Waals surface area contributed by atoms with E-state index in [1.165, 1.54) is 4.90 Å². The van der Waals surface area contributed by atoms with Gasteiger partial charge in [-0.05, 0) is 17.7 Å². The second-order valence-electron chi connectivity index (χ2n) is 5.33. The molecule has 1 fully saturated rings. The summed E-state index contributed by atoms with van der Waals surface area (Å²) in [4.78, 5) is 25.8. The van der Waals surface area contributed by atoms with Crippen molar-refractivity contribution in [2.45, 2.75) is 6.04 Å². The lowest BCUT2D eigenvalue weighted by atomic mass is 9.95. The molecule has 1 unspecified atom stereocenters. The Hall–Kier alpha value is -2.59. The summed E-state index contributed by atoms with van der Waals surface area (Å²) in [6.07, 6.45) is 0. The number of aliphatic hydroxyl groups excluding tert-OH is 1. The molecule has 1 saturated heterocycles. The monoisotopic (exact) mass is 327 g/mol. The molecule has 0 radical (unpaired) electrons. The van der Waals surface area contributed by atoms with Crippen molar-refractivity contribution in [2.75, 3.05) is 7.05 Å². The Kier molecular flexibility index (Phi) is 3.92. The molecule has 2 aromatic rings. The minimum atomic E-state index is -0.686. The molecule has 1 aliphatic rings. The number of amides is 1. The van der Waals surface area contributed by atoms with Gasteiger partial charge in [-0.3, -0.25) is 9.59 Å². The number of halogens is 1. The van der Waals surface area contributed by atoms with E-state index in [9.17, 15) is 14.7 Å². The van der Waals surface area contributed by atoms with Gasteiger partial charge in [0, 0.05) is 17.6 Å². The zero-order valence-electron chi connectivity index (χ0n) is 12.4. The van der Waals surface area contributed by atoms with Crippen molar-refractivity contribution in [1.82, 2.24) is 4.90 Å². The molecule has 3 rings (SSSR count). The Bertz CT molecular complexity index is 797. The zero-order chi connectivity index (χ0) is 16.6. The maximum atomic E-state index is 12.3. The number of Topliss-reactive ketones (excluding diaryl/α,β-unsaturated/α-hetero) is 1. The first kappa shape index (κ1) is 15.3. The molecule has 1 amide bonds. The Balaban J connectivity index is 2.17. The van der Waals surface area contributed by atoms with E-state index in [0.29, 0.717) is 16.1 Å². The Morgan fingerprint density at radius 3 is 2.26 bits per heavy atom. The maximum absolute atomic E-state index is 12.3. The largest absolute Gasteiger partial charge is 0.507 e. The summed E-state index contributed by atoms with van der Waals surface area (Å²) >= 11 is 5.90. The van der Waals surface area contributed by atoms with Gasteiger partial charge in [-0.1, -0.05) is 54.1 Å². The molecule has 1 N–H and O–H groups in total. The first-order valence-electron chi connectivity index (χ1n) is 7.06. The van der Waals surface area contributed by atoms with Gasteiger partial charge in [0.1, 0.15) is 5.76 Å². The van der Waals surface area contributed by atoms with Gasteiger partial charge in [-0.2, -0.15) is 0 Å². The minimum Gasteiger partial charge on any atom is -0.507 e. The van der Waals surface area contributed by atoms with E-state index in [4.69, 9.17) is 11.6 Å². The van der Waals surface area contributed by atoms with Crippen molar-refractivity contribution in [3.8, 4) is 0 Å². The van der Waals surface area contributed by atoms with Crippen molar-refractivity contribution in [1.29, 1.82) is 0 Å². The van der Waals surface area contributed by atoms with E-state index in [1.807, 2.05) is 6.07 Å². The van der Waals surface area contributed by atoms with Crippen LogP contribution in [0.25, 0.3) is 5.76 Å². The van der Waals surface area contributed by atoms with Gasteiger partial charge in [0.25, 0.3) is 11.7 Å². The van der Waals surface area contributed by atoms with Crippen LogP contribution in [0.5, 0.6) is 0 Å². The third kappa shape index (κ3) is 2.62. The van der Waals surface area contributed by atoms with E-state index in [-0.39, 0.29) is 11.3 Å². The molecule has 116 valence electrons. The quantitative estimate of drug-likeness (QED) is 0.522. The molecule has 0 spiro atoms. The number of ketones is 1. The van der Waals surface area contributed by atoms with Crippen LogP contribution in [0, 0.1) is 0 Å². The lowest BCUT2D eigenvalue weighted by molar-refractivity contribution is -0.139. The molecule has 23 heavy (non-hydrogen) atoms. The molecule has 4 nitrogen and oxygen atoms in total. The number of benzene rings is 2. The number of likely N-dealkylation sites (N-methyl/N-ethyl adjacent to an activating group) is 1. The third-order valence-corrected chi connectivity index (χ3v) is 4.16. The van der Waals surface area contributed by atoms with E-state index in [0.717, 1.165) is 0 Å². The number of carbonyl (C=O) groups excluding carboxylic acids is 2. The van der Waals surface area contributed by atoms with Crippen molar-refractivity contribution < 1.29 is 14.7 Å².